The van der Waals surface area contributed by atoms with Crippen LogP contribution in [0, 0.1) is 12.7 Å². The molecule has 0 aromatic heterocycles. The van der Waals surface area contributed by atoms with Crippen LogP contribution in [0.25, 0.3) is 0 Å². The molecule has 106 valence electrons. The summed E-state index contributed by atoms with van der Waals surface area (Å²) in [7, 11) is 0. The van der Waals surface area contributed by atoms with Gasteiger partial charge in [-0.25, -0.2) is 4.39 Å². The van der Waals surface area contributed by atoms with Crippen molar-refractivity contribution in [3.05, 3.63) is 59.4 Å². The highest BCUT2D eigenvalue weighted by Crippen LogP contribution is 2.33. The normalized spacial score (nSPS) is 11.1. The Morgan fingerprint density at radius 3 is 2.60 bits per heavy atom. The van der Waals surface area contributed by atoms with Gasteiger partial charge in [0, 0.05) is 17.5 Å². The van der Waals surface area contributed by atoms with Gasteiger partial charge >= 0.3 is 0 Å². The van der Waals surface area contributed by atoms with E-state index in [4.69, 9.17) is 0 Å². The Labute approximate surface area is 124 Å². The van der Waals surface area contributed by atoms with Gasteiger partial charge in [-0.3, -0.25) is 0 Å². The zero-order valence-electron chi connectivity index (χ0n) is 12.1. The number of aryl methyl sites for hydroxylation is 1. The minimum atomic E-state index is -0.153. The van der Waals surface area contributed by atoms with E-state index in [2.05, 4.69) is 25.2 Å². The van der Waals surface area contributed by atoms with Crippen molar-refractivity contribution >= 4 is 11.8 Å². The first-order valence-electron chi connectivity index (χ1n) is 6.81. The third-order valence-corrected chi connectivity index (χ3v) is 4.11. The molecule has 0 aliphatic carbocycles. The van der Waals surface area contributed by atoms with Crippen LogP contribution < -0.4 is 5.32 Å². The van der Waals surface area contributed by atoms with Crippen molar-refractivity contribution in [2.24, 2.45) is 0 Å². The van der Waals surface area contributed by atoms with Crippen LogP contribution in [0.1, 0.15) is 25.0 Å². The smallest absolute Gasteiger partial charge is 0.137 e. The first-order valence-corrected chi connectivity index (χ1v) is 7.63. The molecule has 1 nitrogen and oxygen atoms in total. The van der Waals surface area contributed by atoms with Crippen LogP contribution in [0.4, 0.5) is 4.39 Å². The molecule has 0 saturated heterocycles. The van der Waals surface area contributed by atoms with Gasteiger partial charge < -0.3 is 5.32 Å². The fourth-order valence-electron chi connectivity index (χ4n) is 1.92. The largest absolute Gasteiger partial charge is 0.310 e. The minimum Gasteiger partial charge on any atom is -0.310 e. The standard InChI is InChI=1S/C17H20FNS/c1-12(2)19-11-14-7-5-9-16(18)17(14)20-15-8-4-6-13(3)10-15/h4-10,12,19H,11H2,1-3H3. The lowest BCUT2D eigenvalue weighted by atomic mass is 10.2. The first-order chi connectivity index (χ1) is 9.56. The van der Waals surface area contributed by atoms with Crippen LogP contribution in [-0.2, 0) is 6.54 Å². The molecular formula is C17H20FNS. The highest BCUT2D eigenvalue weighted by Gasteiger charge is 2.10. The molecule has 2 aromatic carbocycles. The Morgan fingerprint density at radius 1 is 1.15 bits per heavy atom. The summed E-state index contributed by atoms with van der Waals surface area (Å²) in [5, 5.41) is 3.35. The summed E-state index contributed by atoms with van der Waals surface area (Å²) >= 11 is 1.49. The van der Waals surface area contributed by atoms with Crippen molar-refractivity contribution in [3.8, 4) is 0 Å². The van der Waals surface area contributed by atoms with Crippen molar-refractivity contribution in [1.82, 2.24) is 5.32 Å². The Kier molecular flexibility index (Phi) is 5.21. The third kappa shape index (κ3) is 4.09. The lowest BCUT2D eigenvalue weighted by Crippen LogP contribution is -2.22. The zero-order valence-corrected chi connectivity index (χ0v) is 12.9. The highest BCUT2D eigenvalue weighted by atomic mass is 32.2. The average Bonchev–Trinajstić information content (AvgIpc) is 2.39. The average molecular weight is 289 g/mol. The maximum Gasteiger partial charge on any atom is 0.137 e. The molecule has 0 fully saturated rings. The van der Waals surface area contributed by atoms with E-state index in [-0.39, 0.29) is 5.82 Å². The molecule has 0 spiro atoms. The monoisotopic (exact) mass is 289 g/mol. The lowest BCUT2D eigenvalue weighted by Gasteiger charge is -2.13. The summed E-state index contributed by atoms with van der Waals surface area (Å²) in [5.41, 5.74) is 2.19. The molecule has 0 saturated carbocycles. The van der Waals surface area contributed by atoms with E-state index in [0.717, 1.165) is 10.5 Å². The molecule has 2 aromatic rings. The molecule has 0 amide bonds. The van der Waals surface area contributed by atoms with Crippen molar-refractivity contribution in [3.63, 3.8) is 0 Å². The summed E-state index contributed by atoms with van der Waals surface area (Å²) in [5.74, 6) is -0.153. The van der Waals surface area contributed by atoms with Crippen LogP contribution in [0.3, 0.4) is 0 Å². The molecule has 0 unspecified atom stereocenters. The number of hydrogen-bond donors (Lipinski definition) is 1. The van der Waals surface area contributed by atoms with E-state index in [1.807, 2.05) is 31.2 Å². The molecule has 0 aliphatic rings. The van der Waals surface area contributed by atoms with Crippen LogP contribution in [0.5, 0.6) is 0 Å². The third-order valence-electron chi connectivity index (χ3n) is 2.96. The topological polar surface area (TPSA) is 12.0 Å². The highest BCUT2D eigenvalue weighted by molar-refractivity contribution is 7.99. The quantitative estimate of drug-likeness (QED) is 0.850. The SMILES string of the molecule is Cc1cccc(Sc2c(F)cccc2CNC(C)C)c1. The minimum absolute atomic E-state index is 0.153. The van der Waals surface area contributed by atoms with Gasteiger partial charge in [0.25, 0.3) is 0 Å². The molecule has 0 heterocycles. The van der Waals surface area contributed by atoms with E-state index >= 15 is 0 Å². The van der Waals surface area contributed by atoms with Gasteiger partial charge in [-0.2, -0.15) is 0 Å². The summed E-state index contributed by atoms with van der Waals surface area (Å²) in [6.45, 7) is 6.91. The number of nitrogens with one attached hydrogen (secondary N) is 1. The molecule has 1 N–H and O–H groups in total. The predicted molar refractivity (Wildman–Crippen MR) is 83.7 cm³/mol. The van der Waals surface area contributed by atoms with Gasteiger partial charge in [-0.1, -0.05) is 55.4 Å². The molecule has 2 rings (SSSR count). The van der Waals surface area contributed by atoms with Crippen molar-refractivity contribution < 1.29 is 4.39 Å². The summed E-state index contributed by atoms with van der Waals surface area (Å²) < 4.78 is 14.1. The molecular weight excluding hydrogens is 269 g/mol. The van der Waals surface area contributed by atoms with Crippen LogP contribution in [-0.4, -0.2) is 6.04 Å². The van der Waals surface area contributed by atoms with Crippen LogP contribution in [0.2, 0.25) is 0 Å². The Hall–Kier alpha value is -1.32. The lowest BCUT2D eigenvalue weighted by molar-refractivity contribution is 0.564. The fourth-order valence-corrected chi connectivity index (χ4v) is 2.98. The number of halogens is 1. The zero-order chi connectivity index (χ0) is 14.5. The molecule has 20 heavy (non-hydrogen) atoms. The number of benzene rings is 2. The van der Waals surface area contributed by atoms with Gasteiger partial charge in [0.15, 0.2) is 0 Å². The molecule has 3 heteroatoms. The van der Waals surface area contributed by atoms with Crippen molar-refractivity contribution in [2.45, 2.75) is 43.1 Å². The van der Waals surface area contributed by atoms with Gasteiger partial charge in [0.2, 0.25) is 0 Å². The molecule has 0 aliphatic heterocycles. The summed E-state index contributed by atoms with van der Waals surface area (Å²) in [6, 6.07) is 13.8. The van der Waals surface area contributed by atoms with E-state index < -0.39 is 0 Å². The maximum absolute atomic E-state index is 14.1. The second-order valence-corrected chi connectivity index (χ2v) is 6.27. The molecule has 0 radical (unpaired) electrons. The summed E-state index contributed by atoms with van der Waals surface area (Å²) in [6.07, 6.45) is 0. The van der Waals surface area contributed by atoms with Gasteiger partial charge in [0.1, 0.15) is 5.82 Å². The van der Waals surface area contributed by atoms with Gasteiger partial charge in [0.05, 0.1) is 4.90 Å². The van der Waals surface area contributed by atoms with E-state index in [1.165, 1.54) is 23.4 Å². The van der Waals surface area contributed by atoms with Crippen LogP contribution in [0.15, 0.2) is 52.3 Å². The Morgan fingerprint density at radius 2 is 1.90 bits per heavy atom. The fraction of sp³-hybridized carbons (Fsp3) is 0.294. The maximum atomic E-state index is 14.1. The van der Waals surface area contributed by atoms with Gasteiger partial charge in [-0.05, 0) is 30.7 Å². The summed E-state index contributed by atoms with van der Waals surface area (Å²) in [4.78, 5) is 1.78. The van der Waals surface area contributed by atoms with Crippen molar-refractivity contribution in [1.29, 1.82) is 0 Å². The predicted octanol–water partition coefficient (Wildman–Crippen LogP) is 4.78. The Balaban J connectivity index is 2.25. The van der Waals surface area contributed by atoms with Crippen molar-refractivity contribution in [2.75, 3.05) is 0 Å². The van der Waals surface area contributed by atoms with Crippen LogP contribution >= 0.6 is 11.8 Å². The van der Waals surface area contributed by atoms with E-state index in [1.54, 1.807) is 6.07 Å². The second kappa shape index (κ2) is 6.91. The Bertz CT molecular complexity index is 581. The van der Waals surface area contributed by atoms with E-state index in [0.29, 0.717) is 17.5 Å². The molecule has 0 atom stereocenters. The van der Waals surface area contributed by atoms with Gasteiger partial charge in [-0.15, -0.1) is 0 Å². The first kappa shape index (κ1) is 15.1. The van der Waals surface area contributed by atoms with E-state index in [9.17, 15) is 4.39 Å². The molecule has 0 bridgehead atoms. The second-order valence-electron chi connectivity index (χ2n) is 5.18. The number of hydrogen-bond acceptors (Lipinski definition) is 2. The number of rotatable bonds is 5.